The van der Waals surface area contributed by atoms with Gasteiger partial charge in [0.15, 0.2) is 23.4 Å². The number of carbonyl (C=O) groups excluding carboxylic acids is 2. The molecule has 0 aliphatic heterocycles. The second-order valence-corrected chi connectivity index (χ2v) is 4.71. The first kappa shape index (κ1) is 16.6. The highest BCUT2D eigenvalue weighted by Crippen LogP contribution is 2.21. The lowest BCUT2D eigenvalue weighted by atomic mass is 10.1. The first-order valence-corrected chi connectivity index (χ1v) is 6.75. The van der Waals surface area contributed by atoms with Crippen molar-refractivity contribution in [2.75, 3.05) is 13.7 Å². The first-order valence-electron chi connectivity index (χ1n) is 6.75. The van der Waals surface area contributed by atoms with E-state index in [4.69, 9.17) is 0 Å². The van der Waals surface area contributed by atoms with Crippen LogP contribution >= 0.6 is 0 Å². The minimum atomic E-state index is -1.29. The number of Topliss-reactive ketones (excluding diaryl/α,β-unsaturated/α-hetero) is 2. The largest absolute Gasteiger partial charge is 0.377 e. The van der Waals surface area contributed by atoms with Crippen molar-refractivity contribution in [3.63, 3.8) is 0 Å². The molecule has 8 heteroatoms. The van der Waals surface area contributed by atoms with E-state index in [0.717, 1.165) is 0 Å². The minimum Gasteiger partial charge on any atom is -0.377 e. The Morgan fingerprint density at radius 3 is 2.78 bits per heavy atom. The van der Waals surface area contributed by atoms with Gasteiger partial charge in [0.25, 0.3) is 0 Å². The van der Waals surface area contributed by atoms with Gasteiger partial charge in [0.05, 0.1) is 5.69 Å². The summed E-state index contributed by atoms with van der Waals surface area (Å²) in [5.41, 5.74) is 0.447. The number of azo groups is 1. The normalized spacial score (nSPS) is 12.5. The van der Waals surface area contributed by atoms with Crippen LogP contribution in [0.4, 0.5) is 10.1 Å². The number of methoxy groups -OCH3 is 1. The number of hydrogen-bond acceptors (Lipinski definition) is 6. The van der Waals surface area contributed by atoms with Crippen LogP contribution in [0.15, 0.2) is 46.9 Å². The highest BCUT2D eigenvalue weighted by Gasteiger charge is 2.22. The molecule has 0 bridgehead atoms. The molecule has 0 spiro atoms. The molecule has 2 aromatic rings. The van der Waals surface area contributed by atoms with E-state index in [0.29, 0.717) is 5.69 Å². The van der Waals surface area contributed by atoms with E-state index >= 15 is 0 Å². The molecule has 1 aromatic heterocycles. The Labute approximate surface area is 131 Å². The van der Waals surface area contributed by atoms with Gasteiger partial charge in [0, 0.05) is 25.6 Å². The van der Waals surface area contributed by atoms with Gasteiger partial charge in [-0.05, 0) is 25.1 Å². The van der Waals surface area contributed by atoms with Crippen molar-refractivity contribution < 1.29 is 18.7 Å². The number of rotatable bonds is 7. The number of hydrogen-bond donors (Lipinski definition) is 0. The fourth-order valence-electron chi connectivity index (χ4n) is 1.85. The van der Waals surface area contributed by atoms with Crippen LogP contribution in [0.25, 0.3) is 5.69 Å². The highest BCUT2D eigenvalue weighted by molar-refractivity contribution is 6.06. The summed E-state index contributed by atoms with van der Waals surface area (Å²) in [6.07, 6.45) is 3.25. The second-order valence-electron chi connectivity index (χ2n) is 4.71. The molecule has 0 saturated heterocycles. The SMILES string of the molecule is COCC(=O)C(N=Nc1ccc(-n2cccn2)cc1F)C(C)=O. The zero-order valence-electron chi connectivity index (χ0n) is 12.6. The maximum atomic E-state index is 14.1. The number of ketones is 2. The molecule has 0 amide bonds. The summed E-state index contributed by atoms with van der Waals surface area (Å²) in [5.74, 6) is -1.65. The van der Waals surface area contributed by atoms with Gasteiger partial charge >= 0.3 is 0 Å². The van der Waals surface area contributed by atoms with Crippen LogP contribution in [-0.2, 0) is 14.3 Å². The van der Waals surface area contributed by atoms with Gasteiger partial charge < -0.3 is 4.74 Å². The van der Waals surface area contributed by atoms with Crippen LogP contribution in [0.1, 0.15) is 6.92 Å². The first-order chi connectivity index (χ1) is 11.0. The van der Waals surface area contributed by atoms with Crippen LogP contribution in [0, 0.1) is 5.82 Å². The second kappa shape index (κ2) is 7.50. The molecule has 0 fully saturated rings. The molecule has 2 rings (SSSR count). The maximum absolute atomic E-state index is 14.1. The molecule has 7 nitrogen and oxygen atoms in total. The predicted octanol–water partition coefficient (Wildman–Crippen LogP) is 2.27. The topological polar surface area (TPSA) is 85.9 Å². The maximum Gasteiger partial charge on any atom is 0.192 e. The number of nitrogens with zero attached hydrogens (tertiary/aromatic N) is 4. The van der Waals surface area contributed by atoms with Gasteiger partial charge in [-0.3, -0.25) is 9.59 Å². The summed E-state index contributed by atoms with van der Waals surface area (Å²) in [5, 5.41) is 11.3. The predicted molar refractivity (Wildman–Crippen MR) is 79.4 cm³/mol. The van der Waals surface area contributed by atoms with E-state index in [-0.39, 0.29) is 12.3 Å². The van der Waals surface area contributed by atoms with Crippen LogP contribution in [0.5, 0.6) is 0 Å². The quantitative estimate of drug-likeness (QED) is 0.579. The van der Waals surface area contributed by atoms with E-state index in [1.807, 2.05) is 0 Å². The highest BCUT2D eigenvalue weighted by atomic mass is 19.1. The van der Waals surface area contributed by atoms with Crippen LogP contribution < -0.4 is 0 Å². The average molecular weight is 318 g/mol. The Kier molecular flexibility index (Phi) is 5.42. The van der Waals surface area contributed by atoms with Crippen LogP contribution in [0.2, 0.25) is 0 Å². The molecule has 120 valence electrons. The Balaban J connectivity index is 2.21. The molecule has 0 radical (unpaired) electrons. The summed E-state index contributed by atoms with van der Waals surface area (Å²) in [4.78, 5) is 23.1. The summed E-state index contributed by atoms with van der Waals surface area (Å²) in [6.45, 7) is 0.957. The minimum absolute atomic E-state index is 0.0719. The van der Waals surface area contributed by atoms with Crippen LogP contribution in [-0.4, -0.2) is 41.1 Å². The molecule has 0 aliphatic carbocycles. The molecule has 1 heterocycles. The van der Waals surface area contributed by atoms with Gasteiger partial charge in [-0.25, -0.2) is 9.07 Å². The van der Waals surface area contributed by atoms with E-state index in [2.05, 4.69) is 20.1 Å². The molecule has 0 N–H and O–H groups in total. The summed E-state index contributed by atoms with van der Waals surface area (Å²) in [7, 11) is 1.33. The number of ether oxygens (including phenoxy) is 1. The standard InChI is InChI=1S/C15H15FN4O3/c1-10(21)15(14(22)9-23-2)19-18-13-5-4-11(8-12(13)16)20-7-3-6-17-20/h3-8,15H,9H2,1-2H3. The molecule has 23 heavy (non-hydrogen) atoms. The molecule has 1 unspecified atom stereocenters. The van der Waals surface area contributed by atoms with Gasteiger partial charge in [-0.1, -0.05) is 0 Å². The van der Waals surface area contributed by atoms with Crippen molar-refractivity contribution in [2.45, 2.75) is 13.0 Å². The third-order valence-electron chi connectivity index (χ3n) is 2.96. The third kappa shape index (κ3) is 4.13. The molecule has 0 aliphatic rings. The Hall–Kier alpha value is -2.74. The summed E-state index contributed by atoms with van der Waals surface area (Å²) >= 11 is 0. The average Bonchev–Trinajstić information content (AvgIpc) is 3.03. The van der Waals surface area contributed by atoms with E-state index in [1.165, 1.54) is 30.8 Å². The smallest absolute Gasteiger partial charge is 0.192 e. The lowest BCUT2D eigenvalue weighted by molar-refractivity contribution is -0.130. The molecule has 0 saturated carbocycles. The van der Waals surface area contributed by atoms with E-state index < -0.39 is 23.4 Å². The van der Waals surface area contributed by atoms with Gasteiger partial charge in [-0.15, -0.1) is 0 Å². The van der Waals surface area contributed by atoms with Crippen molar-refractivity contribution in [3.8, 4) is 5.69 Å². The number of aromatic nitrogens is 2. The zero-order valence-corrected chi connectivity index (χ0v) is 12.6. The summed E-state index contributed by atoms with van der Waals surface area (Å²) in [6, 6.07) is 4.66. The Morgan fingerprint density at radius 2 is 2.22 bits per heavy atom. The summed E-state index contributed by atoms with van der Waals surface area (Å²) < 4.78 is 20.2. The Bertz CT molecular complexity index is 728. The van der Waals surface area contributed by atoms with E-state index in [1.54, 1.807) is 24.5 Å². The lowest BCUT2D eigenvalue weighted by Gasteiger charge is -2.06. The fourth-order valence-corrected chi connectivity index (χ4v) is 1.85. The monoisotopic (exact) mass is 318 g/mol. The van der Waals surface area contributed by atoms with Crippen LogP contribution in [0.3, 0.4) is 0 Å². The van der Waals surface area contributed by atoms with Crippen molar-refractivity contribution in [1.29, 1.82) is 0 Å². The van der Waals surface area contributed by atoms with Gasteiger partial charge in [-0.2, -0.15) is 15.3 Å². The number of halogens is 1. The lowest BCUT2D eigenvalue weighted by Crippen LogP contribution is -2.29. The molecule has 1 atom stereocenters. The van der Waals surface area contributed by atoms with Crippen molar-refractivity contribution in [3.05, 3.63) is 42.5 Å². The zero-order chi connectivity index (χ0) is 16.8. The van der Waals surface area contributed by atoms with Crippen molar-refractivity contribution >= 4 is 17.3 Å². The van der Waals surface area contributed by atoms with Crippen molar-refractivity contribution in [1.82, 2.24) is 9.78 Å². The number of benzene rings is 1. The van der Waals surface area contributed by atoms with E-state index in [9.17, 15) is 14.0 Å². The van der Waals surface area contributed by atoms with Crippen molar-refractivity contribution in [2.24, 2.45) is 10.2 Å². The molecule has 1 aromatic carbocycles. The fraction of sp³-hybridized carbons (Fsp3) is 0.267. The Morgan fingerprint density at radius 1 is 1.43 bits per heavy atom. The molecular formula is C15H15FN4O3. The number of carbonyl (C=O) groups is 2. The molecular weight excluding hydrogens is 303 g/mol. The van der Waals surface area contributed by atoms with Gasteiger partial charge in [0.1, 0.15) is 12.3 Å². The third-order valence-corrected chi connectivity index (χ3v) is 2.96. The van der Waals surface area contributed by atoms with Gasteiger partial charge in [0.2, 0.25) is 0 Å².